The molecule has 0 saturated carbocycles. The fraction of sp³-hybridized carbons (Fsp3) is 0.385. The molecule has 0 aliphatic carbocycles. The normalized spacial score (nSPS) is 11.2. The monoisotopic (exact) mass is 331 g/mol. The van der Waals surface area contributed by atoms with Gasteiger partial charge >= 0.3 is 5.97 Å². The van der Waals surface area contributed by atoms with Crippen molar-refractivity contribution in [2.24, 2.45) is 0 Å². The van der Waals surface area contributed by atoms with Gasteiger partial charge in [-0.3, -0.25) is 9.59 Å². The number of benzene rings is 1. The van der Waals surface area contributed by atoms with Crippen LogP contribution >= 0.6 is 15.9 Å². The highest BCUT2D eigenvalue weighted by atomic mass is 79.9. The molecule has 0 unspecified atom stereocenters. The Morgan fingerprint density at radius 1 is 1.37 bits per heavy atom. The standard InChI is InChI=1S/C13H15BrFNO3/c1-13(2,3)16(7-10(17)18)12(19)11-8(14)5-4-6-9(11)15/h4-6H,7H2,1-3H3,(H,17,18). The second kappa shape index (κ2) is 5.69. The maximum absolute atomic E-state index is 13.8. The summed E-state index contributed by atoms with van der Waals surface area (Å²) in [6, 6.07) is 4.17. The molecule has 4 nitrogen and oxygen atoms in total. The molecule has 0 spiro atoms. The van der Waals surface area contributed by atoms with E-state index < -0.39 is 29.8 Å². The second-order valence-corrected chi connectivity index (χ2v) is 5.91. The van der Waals surface area contributed by atoms with Crippen molar-refractivity contribution in [2.45, 2.75) is 26.3 Å². The van der Waals surface area contributed by atoms with Gasteiger partial charge in [-0.05, 0) is 48.8 Å². The number of amides is 1. The first kappa shape index (κ1) is 15.6. The summed E-state index contributed by atoms with van der Waals surface area (Å²) in [6.45, 7) is 4.61. The van der Waals surface area contributed by atoms with E-state index in [1.807, 2.05) is 0 Å². The lowest BCUT2D eigenvalue weighted by Gasteiger charge is -2.34. The van der Waals surface area contributed by atoms with Crippen LogP contribution in [-0.4, -0.2) is 34.0 Å². The molecule has 19 heavy (non-hydrogen) atoms. The Morgan fingerprint density at radius 3 is 2.37 bits per heavy atom. The Bertz CT molecular complexity index is 491. The van der Waals surface area contributed by atoms with Gasteiger partial charge in [0.05, 0.1) is 5.56 Å². The maximum Gasteiger partial charge on any atom is 0.323 e. The summed E-state index contributed by atoms with van der Waals surface area (Å²) in [4.78, 5) is 24.3. The SMILES string of the molecule is CC(C)(C)N(CC(=O)O)C(=O)c1c(F)cccc1Br. The van der Waals surface area contributed by atoms with Gasteiger partial charge in [0.25, 0.3) is 5.91 Å². The Hall–Kier alpha value is -1.43. The fourth-order valence-electron chi connectivity index (χ4n) is 1.59. The van der Waals surface area contributed by atoms with Crippen LogP contribution in [0.15, 0.2) is 22.7 Å². The number of hydrogen-bond donors (Lipinski definition) is 1. The Labute approximate surface area is 119 Å². The van der Waals surface area contributed by atoms with E-state index in [9.17, 15) is 14.0 Å². The highest BCUT2D eigenvalue weighted by Crippen LogP contribution is 2.24. The highest BCUT2D eigenvalue weighted by molar-refractivity contribution is 9.10. The molecule has 0 saturated heterocycles. The van der Waals surface area contributed by atoms with Crippen molar-refractivity contribution >= 4 is 27.8 Å². The van der Waals surface area contributed by atoms with E-state index in [1.165, 1.54) is 18.2 Å². The van der Waals surface area contributed by atoms with Crippen molar-refractivity contribution in [1.29, 1.82) is 0 Å². The first-order chi connectivity index (χ1) is 8.64. The second-order valence-electron chi connectivity index (χ2n) is 5.05. The van der Waals surface area contributed by atoms with Gasteiger partial charge in [-0.25, -0.2) is 4.39 Å². The number of carbonyl (C=O) groups is 2. The van der Waals surface area contributed by atoms with Gasteiger partial charge in [-0.2, -0.15) is 0 Å². The van der Waals surface area contributed by atoms with Crippen molar-refractivity contribution < 1.29 is 19.1 Å². The highest BCUT2D eigenvalue weighted by Gasteiger charge is 2.31. The van der Waals surface area contributed by atoms with E-state index in [0.29, 0.717) is 4.47 Å². The van der Waals surface area contributed by atoms with Gasteiger partial charge in [-0.15, -0.1) is 0 Å². The molecule has 0 aliphatic heterocycles. The van der Waals surface area contributed by atoms with Crippen LogP contribution in [0, 0.1) is 5.82 Å². The molecule has 1 aromatic carbocycles. The smallest absolute Gasteiger partial charge is 0.323 e. The summed E-state index contributed by atoms with van der Waals surface area (Å²) in [5.41, 5.74) is -0.879. The van der Waals surface area contributed by atoms with Gasteiger partial charge in [0.2, 0.25) is 0 Å². The molecule has 0 aliphatic rings. The average molecular weight is 332 g/mol. The lowest BCUT2D eigenvalue weighted by molar-refractivity contribution is -0.138. The number of hydrogen-bond acceptors (Lipinski definition) is 2. The average Bonchev–Trinajstić information content (AvgIpc) is 2.23. The minimum atomic E-state index is -1.14. The zero-order valence-corrected chi connectivity index (χ0v) is 12.5. The first-order valence-electron chi connectivity index (χ1n) is 5.62. The van der Waals surface area contributed by atoms with Crippen LogP contribution in [0.1, 0.15) is 31.1 Å². The molecule has 0 heterocycles. The van der Waals surface area contributed by atoms with E-state index in [4.69, 9.17) is 5.11 Å². The van der Waals surface area contributed by atoms with E-state index >= 15 is 0 Å². The lowest BCUT2D eigenvalue weighted by atomic mass is 10.0. The first-order valence-corrected chi connectivity index (χ1v) is 6.41. The van der Waals surface area contributed by atoms with E-state index in [2.05, 4.69) is 15.9 Å². The quantitative estimate of drug-likeness (QED) is 0.926. The Balaban J connectivity index is 3.24. The Morgan fingerprint density at radius 2 is 1.95 bits per heavy atom. The number of carboxylic acid groups (broad SMARTS) is 1. The number of carboxylic acids is 1. The molecule has 1 amide bonds. The zero-order chi connectivity index (χ0) is 14.8. The molecule has 0 fully saturated rings. The maximum atomic E-state index is 13.8. The van der Waals surface area contributed by atoms with Gasteiger partial charge in [-0.1, -0.05) is 6.07 Å². The van der Waals surface area contributed by atoms with Crippen LogP contribution in [0.4, 0.5) is 4.39 Å². The molecule has 0 radical (unpaired) electrons. The summed E-state index contributed by atoms with van der Waals surface area (Å²) >= 11 is 3.11. The van der Waals surface area contributed by atoms with Gasteiger partial charge in [0.15, 0.2) is 0 Å². The molecule has 1 rings (SSSR count). The van der Waals surface area contributed by atoms with Crippen molar-refractivity contribution in [3.8, 4) is 0 Å². The van der Waals surface area contributed by atoms with E-state index in [-0.39, 0.29) is 5.56 Å². The number of carbonyl (C=O) groups excluding carboxylic acids is 1. The van der Waals surface area contributed by atoms with E-state index in [1.54, 1.807) is 20.8 Å². The van der Waals surface area contributed by atoms with E-state index in [0.717, 1.165) is 4.90 Å². The summed E-state index contributed by atoms with van der Waals surface area (Å²) in [7, 11) is 0. The molecule has 104 valence electrons. The molecule has 0 aromatic heterocycles. The van der Waals surface area contributed by atoms with Gasteiger partial charge in [0.1, 0.15) is 12.4 Å². The molecule has 6 heteroatoms. The summed E-state index contributed by atoms with van der Waals surface area (Å²) in [6.07, 6.45) is 0. The van der Waals surface area contributed by atoms with Crippen LogP contribution in [0.3, 0.4) is 0 Å². The van der Waals surface area contributed by atoms with Gasteiger partial charge < -0.3 is 10.0 Å². The number of rotatable bonds is 3. The fourth-order valence-corrected chi connectivity index (χ4v) is 2.10. The third kappa shape index (κ3) is 3.76. The van der Waals surface area contributed by atoms with Crippen LogP contribution in [0.25, 0.3) is 0 Å². The number of aliphatic carboxylic acids is 1. The Kier molecular flexibility index (Phi) is 4.68. The molecular formula is C13H15BrFNO3. The number of halogens is 2. The largest absolute Gasteiger partial charge is 0.480 e. The number of nitrogens with zero attached hydrogens (tertiary/aromatic N) is 1. The van der Waals surface area contributed by atoms with Crippen molar-refractivity contribution in [3.05, 3.63) is 34.1 Å². The van der Waals surface area contributed by atoms with Crippen LogP contribution in [0.5, 0.6) is 0 Å². The predicted octanol–water partition coefficient (Wildman–Crippen LogP) is 2.91. The predicted molar refractivity (Wildman–Crippen MR) is 72.5 cm³/mol. The lowest BCUT2D eigenvalue weighted by Crippen LogP contribution is -2.48. The molecule has 0 bridgehead atoms. The molecular weight excluding hydrogens is 317 g/mol. The molecule has 0 atom stereocenters. The third-order valence-electron chi connectivity index (χ3n) is 2.52. The van der Waals surface area contributed by atoms with Crippen LogP contribution in [0.2, 0.25) is 0 Å². The molecule has 1 aromatic rings. The van der Waals surface area contributed by atoms with Crippen LogP contribution < -0.4 is 0 Å². The van der Waals surface area contributed by atoms with Crippen LogP contribution in [-0.2, 0) is 4.79 Å². The summed E-state index contributed by atoms with van der Waals surface area (Å²) in [5, 5.41) is 8.88. The molecule has 1 N–H and O–H groups in total. The topological polar surface area (TPSA) is 57.6 Å². The summed E-state index contributed by atoms with van der Waals surface area (Å²) in [5.74, 6) is -2.48. The summed E-state index contributed by atoms with van der Waals surface area (Å²) < 4.78 is 14.1. The van der Waals surface area contributed by atoms with Crippen molar-refractivity contribution in [2.75, 3.05) is 6.54 Å². The van der Waals surface area contributed by atoms with Gasteiger partial charge in [0, 0.05) is 10.0 Å². The van der Waals surface area contributed by atoms with Crippen molar-refractivity contribution in [1.82, 2.24) is 4.90 Å². The zero-order valence-electron chi connectivity index (χ0n) is 10.9. The minimum absolute atomic E-state index is 0.154. The third-order valence-corrected chi connectivity index (χ3v) is 3.19. The van der Waals surface area contributed by atoms with Crippen molar-refractivity contribution in [3.63, 3.8) is 0 Å². The minimum Gasteiger partial charge on any atom is -0.480 e.